The van der Waals surface area contributed by atoms with Crippen LogP contribution in [-0.4, -0.2) is 25.6 Å². The molecule has 2 rings (SSSR count). The smallest absolute Gasteiger partial charge is 0.356 e. The van der Waals surface area contributed by atoms with Gasteiger partial charge in [0.05, 0.1) is 12.0 Å². The van der Waals surface area contributed by atoms with E-state index in [4.69, 9.17) is 5.11 Å². The molecule has 5 heteroatoms. The predicted octanol–water partition coefficient (Wildman–Crippen LogP) is 1.49. The summed E-state index contributed by atoms with van der Waals surface area (Å²) in [5.74, 6) is -1.03. The first-order valence-electron chi connectivity index (χ1n) is 4.77. The molecule has 16 heavy (non-hydrogen) atoms. The van der Waals surface area contributed by atoms with E-state index in [1.807, 2.05) is 19.1 Å². The highest BCUT2D eigenvalue weighted by Crippen LogP contribution is 2.21. The monoisotopic (exact) mass is 217 g/mol. The van der Waals surface area contributed by atoms with Gasteiger partial charge in [-0.05, 0) is 19.1 Å². The molecule has 0 atom stereocenters. The summed E-state index contributed by atoms with van der Waals surface area (Å²) < 4.78 is 1.68. The normalized spacial score (nSPS) is 10.4. The number of hydrogen-bond donors (Lipinski definition) is 1. The van der Waals surface area contributed by atoms with Crippen molar-refractivity contribution in [1.82, 2.24) is 14.5 Å². The number of nitrogens with zero attached hydrogens (tertiary/aromatic N) is 3. The minimum Gasteiger partial charge on any atom is -0.476 e. The van der Waals surface area contributed by atoms with E-state index in [0.717, 1.165) is 11.3 Å². The molecule has 0 bridgehead atoms. The Morgan fingerprint density at radius 2 is 2.12 bits per heavy atom. The number of carboxylic acids is 1. The summed E-state index contributed by atoms with van der Waals surface area (Å²) in [5, 5.41) is 9.00. The summed E-state index contributed by atoms with van der Waals surface area (Å²) in [4.78, 5) is 19.0. The summed E-state index contributed by atoms with van der Waals surface area (Å²) >= 11 is 0. The van der Waals surface area contributed by atoms with Gasteiger partial charge in [-0.3, -0.25) is 4.98 Å². The van der Waals surface area contributed by atoms with E-state index in [0.29, 0.717) is 5.69 Å². The highest BCUT2D eigenvalue weighted by Gasteiger charge is 2.17. The zero-order chi connectivity index (χ0) is 11.7. The van der Waals surface area contributed by atoms with Crippen molar-refractivity contribution in [3.63, 3.8) is 0 Å². The van der Waals surface area contributed by atoms with Gasteiger partial charge in [-0.2, -0.15) is 0 Å². The first-order valence-corrected chi connectivity index (χ1v) is 4.77. The Labute approximate surface area is 92.4 Å². The van der Waals surface area contributed by atoms with E-state index >= 15 is 0 Å². The molecule has 1 N–H and O–H groups in total. The molecule has 0 unspecified atom stereocenters. The van der Waals surface area contributed by atoms with Crippen LogP contribution in [0.1, 0.15) is 16.2 Å². The molecule has 0 aliphatic rings. The largest absolute Gasteiger partial charge is 0.476 e. The third-order valence-electron chi connectivity index (χ3n) is 2.32. The van der Waals surface area contributed by atoms with Crippen molar-refractivity contribution in [2.24, 2.45) is 7.05 Å². The molecule has 0 fully saturated rings. The average molecular weight is 217 g/mol. The number of carbonyl (C=O) groups is 1. The van der Waals surface area contributed by atoms with Crippen LogP contribution in [0.3, 0.4) is 0 Å². The van der Waals surface area contributed by atoms with Crippen molar-refractivity contribution in [3.8, 4) is 11.3 Å². The zero-order valence-corrected chi connectivity index (χ0v) is 9.01. The van der Waals surface area contributed by atoms with E-state index in [2.05, 4.69) is 9.97 Å². The third kappa shape index (κ3) is 1.67. The number of rotatable bonds is 2. The fraction of sp³-hybridized carbons (Fsp3) is 0.182. The van der Waals surface area contributed by atoms with Crippen molar-refractivity contribution < 1.29 is 9.90 Å². The topological polar surface area (TPSA) is 68.0 Å². The molecule has 2 aromatic rings. The zero-order valence-electron chi connectivity index (χ0n) is 9.01. The van der Waals surface area contributed by atoms with Crippen molar-refractivity contribution in [3.05, 3.63) is 36.0 Å². The Balaban J connectivity index is 2.58. The van der Waals surface area contributed by atoms with E-state index in [9.17, 15) is 4.79 Å². The van der Waals surface area contributed by atoms with E-state index in [-0.39, 0.29) is 5.69 Å². The van der Waals surface area contributed by atoms with Crippen molar-refractivity contribution in [2.45, 2.75) is 6.92 Å². The molecule has 0 saturated carbocycles. The Morgan fingerprint density at radius 3 is 2.69 bits per heavy atom. The van der Waals surface area contributed by atoms with Crippen LogP contribution in [0.25, 0.3) is 11.3 Å². The molecule has 0 amide bonds. The summed E-state index contributed by atoms with van der Waals surface area (Å²) in [5.41, 5.74) is 2.26. The fourth-order valence-electron chi connectivity index (χ4n) is 1.54. The van der Waals surface area contributed by atoms with Gasteiger partial charge in [0.1, 0.15) is 0 Å². The molecule has 0 aliphatic heterocycles. The second-order valence-corrected chi connectivity index (χ2v) is 3.55. The summed E-state index contributed by atoms with van der Waals surface area (Å²) in [6.45, 7) is 1.88. The van der Waals surface area contributed by atoms with Crippen molar-refractivity contribution in [2.75, 3.05) is 0 Å². The fourth-order valence-corrected chi connectivity index (χ4v) is 1.54. The highest BCUT2D eigenvalue weighted by atomic mass is 16.4. The Hall–Kier alpha value is -2.17. The maximum Gasteiger partial charge on any atom is 0.356 e. The second-order valence-electron chi connectivity index (χ2n) is 3.55. The van der Waals surface area contributed by atoms with Gasteiger partial charge < -0.3 is 9.67 Å². The van der Waals surface area contributed by atoms with Gasteiger partial charge >= 0.3 is 5.97 Å². The van der Waals surface area contributed by atoms with Gasteiger partial charge in [0, 0.05) is 24.5 Å². The SMILES string of the molecule is Cc1ccc(-c2c(C(=O)O)ncn2C)cn1. The van der Waals surface area contributed by atoms with Gasteiger partial charge in [-0.15, -0.1) is 0 Å². The van der Waals surface area contributed by atoms with Gasteiger partial charge in [0.25, 0.3) is 0 Å². The molecular formula is C11H11N3O2. The minimum atomic E-state index is -1.03. The standard InChI is InChI=1S/C11H11N3O2/c1-7-3-4-8(5-12-7)10-9(11(15)16)13-6-14(10)2/h3-6H,1-2H3,(H,15,16). The van der Waals surface area contributed by atoms with Crippen LogP contribution in [-0.2, 0) is 7.05 Å². The predicted molar refractivity (Wildman–Crippen MR) is 58.1 cm³/mol. The molecule has 5 nitrogen and oxygen atoms in total. The molecule has 82 valence electrons. The second kappa shape index (κ2) is 3.77. The minimum absolute atomic E-state index is 0.0492. The van der Waals surface area contributed by atoms with Crippen LogP contribution in [0.2, 0.25) is 0 Å². The van der Waals surface area contributed by atoms with Crippen LogP contribution in [0.4, 0.5) is 0 Å². The lowest BCUT2D eigenvalue weighted by atomic mass is 10.1. The summed E-state index contributed by atoms with van der Waals surface area (Å²) in [6.07, 6.45) is 3.14. The number of aromatic nitrogens is 3. The highest BCUT2D eigenvalue weighted by molar-refractivity contribution is 5.92. The van der Waals surface area contributed by atoms with Crippen LogP contribution >= 0.6 is 0 Å². The van der Waals surface area contributed by atoms with Crippen LogP contribution in [0.5, 0.6) is 0 Å². The number of carboxylic acid groups (broad SMARTS) is 1. The van der Waals surface area contributed by atoms with Gasteiger partial charge in [-0.25, -0.2) is 9.78 Å². The molecule has 0 radical (unpaired) electrons. The number of aromatic carboxylic acids is 1. The number of pyridine rings is 1. The Morgan fingerprint density at radius 1 is 1.38 bits per heavy atom. The Bertz CT molecular complexity index is 529. The number of aryl methyl sites for hydroxylation is 2. The third-order valence-corrected chi connectivity index (χ3v) is 2.32. The molecule has 0 saturated heterocycles. The maximum absolute atomic E-state index is 11.0. The Kier molecular flexibility index (Phi) is 2.44. The van der Waals surface area contributed by atoms with Crippen molar-refractivity contribution >= 4 is 5.97 Å². The lowest BCUT2D eigenvalue weighted by molar-refractivity contribution is 0.0692. The van der Waals surface area contributed by atoms with Crippen LogP contribution in [0, 0.1) is 6.92 Å². The first kappa shape index (κ1) is 10.4. The molecular weight excluding hydrogens is 206 g/mol. The van der Waals surface area contributed by atoms with E-state index < -0.39 is 5.97 Å². The van der Waals surface area contributed by atoms with E-state index in [1.165, 1.54) is 6.33 Å². The van der Waals surface area contributed by atoms with Crippen molar-refractivity contribution in [1.29, 1.82) is 0 Å². The molecule has 0 aromatic carbocycles. The first-order chi connectivity index (χ1) is 7.59. The lowest BCUT2D eigenvalue weighted by Gasteiger charge is -2.03. The van der Waals surface area contributed by atoms with Gasteiger partial charge in [-0.1, -0.05) is 0 Å². The number of imidazole rings is 1. The maximum atomic E-state index is 11.0. The van der Waals surface area contributed by atoms with Crippen LogP contribution in [0.15, 0.2) is 24.7 Å². The summed E-state index contributed by atoms with van der Waals surface area (Å²) in [7, 11) is 1.76. The van der Waals surface area contributed by atoms with E-state index in [1.54, 1.807) is 17.8 Å². The van der Waals surface area contributed by atoms with Gasteiger partial charge in [0.15, 0.2) is 5.69 Å². The summed E-state index contributed by atoms with van der Waals surface area (Å²) in [6, 6.07) is 3.68. The average Bonchev–Trinajstić information content (AvgIpc) is 2.62. The molecule has 0 aliphatic carbocycles. The quantitative estimate of drug-likeness (QED) is 0.827. The lowest BCUT2D eigenvalue weighted by Crippen LogP contribution is -2.01. The molecule has 0 spiro atoms. The molecule has 2 heterocycles. The van der Waals surface area contributed by atoms with Gasteiger partial charge in [0.2, 0.25) is 0 Å². The molecule has 2 aromatic heterocycles. The number of hydrogen-bond acceptors (Lipinski definition) is 3. The van der Waals surface area contributed by atoms with Crippen LogP contribution < -0.4 is 0 Å².